The van der Waals surface area contributed by atoms with Crippen molar-refractivity contribution in [3.8, 4) is 16.9 Å². The number of aromatic nitrogens is 2. The Morgan fingerprint density at radius 3 is 2.41 bits per heavy atom. The SMILES string of the molecule is COC(=O)c1cc(-c2ccc(C(F)F)cc2)nn(-c2cccc(F)c2)c1=O. The van der Waals surface area contributed by atoms with E-state index in [1.54, 1.807) is 0 Å². The van der Waals surface area contributed by atoms with Gasteiger partial charge in [0.25, 0.3) is 12.0 Å². The maximum Gasteiger partial charge on any atom is 0.343 e. The normalized spacial score (nSPS) is 10.9. The van der Waals surface area contributed by atoms with Crippen LogP contribution in [0.4, 0.5) is 13.2 Å². The van der Waals surface area contributed by atoms with Gasteiger partial charge in [0, 0.05) is 11.1 Å². The number of ether oxygens (including phenoxy) is 1. The summed E-state index contributed by atoms with van der Waals surface area (Å²) in [7, 11) is 1.12. The number of esters is 1. The first-order chi connectivity index (χ1) is 12.9. The molecular weight excluding hydrogens is 361 g/mol. The summed E-state index contributed by atoms with van der Waals surface area (Å²) < 4.78 is 44.5. The van der Waals surface area contributed by atoms with Crippen molar-refractivity contribution >= 4 is 5.97 Å². The van der Waals surface area contributed by atoms with Gasteiger partial charge in [-0.3, -0.25) is 4.79 Å². The number of methoxy groups -OCH3 is 1. The first-order valence-electron chi connectivity index (χ1n) is 7.78. The summed E-state index contributed by atoms with van der Waals surface area (Å²) in [5, 5.41) is 4.15. The molecule has 0 spiro atoms. The molecule has 138 valence electrons. The zero-order chi connectivity index (χ0) is 19.6. The number of rotatable bonds is 4. The Labute approximate surface area is 151 Å². The lowest BCUT2D eigenvalue weighted by Gasteiger charge is -2.10. The van der Waals surface area contributed by atoms with E-state index in [-0.39, 0.29) is 22.5 Å². The van der Waals surface area contributed by atoms with E-state index in [0.29, 0.717) is 5.56 Å². The van der Waals surface area contributed by atoms with Crippen molar-refractivity contribution in [1.29, 1.82) is 0 Å². The molecule has 0 aliphatic carbocycles. The van der Waals surface area contributed by atoms with E-state index in [1.165, 1.54) is 48.5 Å². The molecule has 1 heterocycles. The van der Waals surface area contributed by atoms with E-state index in [2.05, 4.69) is 9.84 Å². The van der Waals surface area contributed by atoms with Crippen molar-refractivity contribution in [3.63, 3.8) is 0 Å². The van der Waals surface area contributed by atoms with Gasteiger partial charge in [-0.05, 0) is 24.3 Å². The van der Waals surface area contributed by atoms with Crippen molar-refractivity contribution in [3.05, 3.63) is 81.9 Å². The van der Waals surface area contributed by atoms with Crippen LogP contribution >= 0.6 is 0 Å². The molecule has 0 fully saturated rings. The summed E-state index contributed by atoms with van der Waals surface area (Å²) in [6.45, 7) is 0. The highest BCUT2D eigenvalue weighted by molar-refractivity contribution is 5.90. The fourth-order valence-corrected chi connectivity index (χ4v) is 2.47. The molecule has 0 N–H and O–H groups in total. The first kappa shape index (κ1) is 18.4. The second-order valence-corrected chi connectivity index (χ2v) is 5.55. The van der Waals surface area contributed by atoms with Gasteiger partial charge < -0.3 is 4.74 Å². The molecule has 0 saturated heterocycles. The van der Waals surface area contributed by atoms with Crippen LogP contribution in [0.3, 0.4) is 0 Å². The van der Waals surface area contributed by atoms with Gasteiger partial charge in [0.05, 0.1) is 18.5 Å². The number of halogens is 3. The van der Waals surface area contributed by atoms with Crippen molar-refractivity contribution in [2.75, 3.05) is 7.11 Å². The molecule has 0 saturated carbocycles. The number of hydrogen-bond acceptors (Lipinski definition) is 4. The fourth-order valence-electron chi connectivity index (χ4n) is 2.47. The van der Waals surface area contributed by atoms with Crippen LogP contribution in [0, 0.1) is 5.82 Å². The number of carbonyl (C=O) groups excluding carboxylic acids is 1. The minimum atomic E-state index is -2.63. The van der Waals surface area contributed by atoms with Crippen LogP contribution in [0.15, 0.2) is 59.4 Å². The van der Waals surface area contributed by atoms with Gasteiger partial charge in [-0.1, -0.05) is 30.3 Å². The molecule has 0 aliphatic heterocycles. The number of hydrogen-bond donors (Lipinski definition) is 0. The van der Waals surface area contributed by atoms with Crippen LogP contribution < -0.4 is 5.56 Å². The highest BCUT2D eigenvalue weighted by atomic mass is 19.3. The molecular formula is C19H13F3N2O3. The molecule has 0 unspecified atom stereocenters. The Hall–Kier alpha value is -3.42. The topological polar surface area (TPSA) is 61.2 Å². The Kier molecular flexibility index (Phi) is 5.07. The zero-order valence-corrected chi connectivity index (χ0v) is 14.0. The molecule has 1 aromatic heterocycles. The van der Waals surface area contributed by atoms with E-state index in [4.69, 9.17) is 0 Å². The first-order valence-corrected chi connectivity index (χ1v) is 7.78. The van der Waals surface area contributed by atoms with Crippen molar-refractivity contribution in [2.45, 2.75) is 6.43 Å². The Bertz CT molecular complexity index is 1050. The Balaban J connectivity index is 2.21. The summed E-state index contributed by atoms with van der Waals surface area (Å²) in [6.07, 6.45) is -2.63. The third kappa shape index (κ3) is 3.74. The second-order valence-electron chi connectivity index (χ2n) is 5.55. The molecule has 3 rings (SSSR count). The average molecular weight is 374 g/mol. The maximum absolute atomic E-state index is 13.5. The summed E-state index contributed by atoms with van der Waals surface area (Å²) in [6, 6.07) is 11.6. The number of carbonyl (C=O) groups is 1. The molecule has 0 aliphatic rings. The molecule has 8 heteroatoms. The van der Waals surface area contributed by atoms with Crippen molar-refractivity contribution in [2.24, 2.45) is 0 Å². The van der Waals surface area contributed by atoms with Gasteiger partial charge in [0.15, 0.2) is 0 Å². The summed E-state index contributed by atoms with van der Waals surface area (Å²) >= 11 is 0. The molecule has 3 aromatic rings. The van der Waals surface area contributed by atoms with Gasteiger partial charge in [0.2, 0.25) is 0 Å². The summed E-state index contributed by atoms with van der Waals surface area (Å²) in [5.74, 6) is -1.48. The van der Waals surface area contributed by atoms with Crippen molar-refractivity contribution in [1.82, 2.24) is 9.78 Å². The molecule has 0 amide bonds. The van der Waals surface area contributed by atoms with Crippen LogP contribution in [0.2, 0.25) is 0 Å². The van der Waals surface area contributed by atoms with Crippen LogP contribution in [0.1, 0.15) is 22.3 Å². The van der Waals surface area contributed by atoms with Gasteiger partial charge in [-0.25, -0.2) is 18.0 Å². The van der Waals surface area contributed by atoms with Crippen LogP contribution in [0.25, 0.3) is 16.9 Å². The summed E-state index contributed by atoms with van der Waals surface area (Å²) in [5.41, 5.74) is -0.610. The third-order valence-electron chi connectivity index (χ3n) is 3.83. The smallest absolute Gasteiger partial charge is 0.343 e. The molecule has 0 bridgehead atoms. The molecule has 0 atom stereocenters. The fraction of sp³-hybridized carbons (Fsp3) is 0.105. The average Bonchev–Trinajstić information content (AvgIpc) is 2.67. The van der Waals surface area contributed by atoms with Crippen LogP contribution in [-0.2, 0) is 4.74 Å². The second kappa shape index (κ2) is 7.45. The van der Waals surface area contributed by atoms with E-state index in [9.17, 15) is 22.8 Å². The van der Waals surface area contributed by atoms with Gasteiger partial charge in [-0.2, -0.15) is 9.78 Å². The van der Waals surface area contributed by atoms with Crippen LogP contribution in [0.5, 0.6) is 0 Å². The lowest BCUT2D eigenvalue weighted by atomic mass is 10.1. The summed E-state index contributed by atoms with van der Waals surface area (Å²) in [4.78, 5) is 24.6. The molecule has 2 aromatic carbocycles. The molecule has 0 radical (unpaired) electrons. The van der Waals surface area contributed by atoms with Gasteiger partial charge >= 0.3 is 5.97 Å². The minimum absolute atomic E-state index is 0.108. The molecule has 5 nitrogen and oxygen atoms in total. The number of alkyl halides is 2. The highest BCUT2D eigenvalue weighted by Crippen LogP contribution is 2.23. The van der Waals surface area contributed by atoms with Gasteiger partial charge in [-0.15, -0.1) is 0 Å². The largest absolute Gasteiger partial charge is 0.465 e. The highest BCUT2D eigenvalue weighted by Gasteiger charge is 2.18. The molecule has 27 heavy (non-hydrogen) atoms. The van der Waals surface area contributed by atoms with E-state index >= 15 is 0 Å². The zero-order valence-electron chi connectivity index (χ0n) is 14.0. The predicted octanol–water partition coefficient (Wildman–Crippen LogP) is 3.76. The minimum Gasteiger partial charge on any atom is -0.465 e. The van der Waals surface area contributed by atoms with E-state index in [1.807, 2.05) is 0 Å². The van der Waals surface area contributed by atoms with Gasteiger partial charge in [0.1, 0.15) is 11.4 Å². The maximum atomic E-state index is 13.5. The number of benzene rings is 2. The lowest BCUT2D eigenvalue weighted by molar-refractivity contribution is 0.0598. The van der Waals surface area contributed by atoms with E-state index < -0.39 is 23.8 Å². The number of nitrogens with zero attached hydrogens (tertiary/aromatic N) is 2. The Morgan fingerprint density at radius 1 is 1.11 bits per heavy atom. The quantitative estimate of drug-likeness (QED) is 0.653. The van der Waals surface area contributed by atoms with Crippen LogP contribution in [-0.4, -0.2) is 22.9 Å². The standard InChI is InChI=1S/C19H13F3N2O3/c1-27-19(26)15-10-16(11-5-7-12(8-6-11)17(21)22)23-24(18(15)25)14-4-2-3-13(20)9-14/h2-10,17H,1H3. The monoisotopic (exact) mass is 374 g/mol. The third-order valence-corrected chi connectivity index (χ3v) is 3.83. The predicted molar refractivity (Wildman–Crippen MR) is 91.5 cm³/mol. The Morgan fingerprint density at radius 2 is 1.81 bits per heavy atom. The van der Waals surface area contributed by atoms with Crippen molar-refractivity contribution < 1.29 is 22.7 Å². The lowest BCUT2D eigenvalue weighted by Crippen LogP contribution is -2.28. The van der Waals surface area contributed by atoms with E-state index in [0.717, 1.165) is 17.9 Å².